The molecule has 6 heteroatoms. The van der Waals surface area contributed by atoms with Crippen molar-refractivity contribution in [2.45, 2.75) is 38.1 Å². The highest BCUT2D eigenvalue weighted by Gasteiger charge is 2.22. The molecule has 0 spiro atoms. The second kappa shape index (κ2) is 8.70. The Morgan fingerprint density at radius 3 is 2.66 bits per heavy atom. The molecule has 1 amide bonds. The molecular weight excluding hydrogens is 386 g/mol. The molecule has 1 saturated carbocycles. The van der Waals surface area contributed by atoms with Gasteiger partial charge in [-0.1, -0.05) is 49.1 Å². The number of hydrogen-bond acceptors (Lipinski definition) is 3. The molecule has 150 valence electrons. The fourth-order valence-electron chi connectivity index (χ4n) is 3.78. The molecule has 4 rings (SSSR count). The number of rotatable bonds is 5. The van der Waals surface area contributed by atoms with Crippen molar-refractivity contribution < 1.29 is 9.53 Å². The van der Waals surface area contributed by atoms with Crippen molar-refractivity contribution in [1.29, 1.82) is 0 Å². The minimum atomic E-state index is -0.112. The summed E-state index contributed by atoms with van der Waals surface area (Å²) in [5, 5.41) is 8.51. The monoisotopic (exact) mass is 409 g/mol. The van der Waals surface area contributed by atoms with Crippen LogP contribution in [0.3, 0.4) is 0 Å². The molecule has 1 fully saturated rings. The van der Waals surface area contributed by atoms with Gasteiger partial charge >= 0.3 is 0 Å². The first-order chi connectivity index (χ1) is 14.1. The normalized spacial score (nSPS) is 14.6. The third-order valence-corrected chi connectivity index (χ3v) is 5.54. The molecule has 0 aliphatic heterocycles. The Bertz CT molecular complexity index is 1010. The van der Waals surface area contributed by atoms with E-state index in [2.05, 4.69) is 5.32 Å². The molecule has 5 nitrogen and oxygen atoms in total. The molecule has 29 heavy (non-hydrogen) atoms. The summed E-state index contributed by atoms with van der Waals surface area (Å²) in [6, 6.07) is 17.1. The summed E-state index contributed by atoms with van der Waals surface area (Å²) in [6.07, 6.45) is 5.62. The Balaban J connectivity index is 1.73. The quantitative estimate of drug-likeness (QED) is 0.625. The third kappa shape index (κ3) is 4.46. The van der Waals surface area contributed by atoms with Gasteiger partial charge in [-0.05, 0) is 49.2 Å². The van der Waals surface area contributed by atoms with Gasteiger partial charge in [0.05, 0.1) is 18.5 Å². The fraction of sp³-hybridized carbons (Fsp3) is 0.304. The van der Waals surface area contributed by atoms with E-state index in [1.807, 2.05) is 42.5 Å². The van der Waals surface area contributed by atoms with E-state index in [0.29, 0.717) is 16.4 Å². The number of carbonyl (C=O) groups excluding carboxylic acids is 1. The zero-order chi connectivity index (χ0) is 20.2. The lowest BCUT2D eigenvalue weighted by Crippen LogP contribution is -2.37. The average molecular weight is 410 g/mol. The molecule has 1 aliphatic carbocycles. The van der Waals surface area contributed by atoms with Gasteiger partial charge in [0.2, 0.25) is 0 Å². The summed E-state index contributed by atoms with van der Waals surface area (Å²) >= 11 is 6.19. The van der Waals surface area contributed by atoms with Crippen LogP contribution in [-0.4, -0.2) is 28.8 Å². The highest BCUT2D eigenvalue weighted by molar-refractivity contribution is 6.30. The van der Waals surface area contributed by atoms with Crippen molar-refractivity contribution in [2.75, 3.05) is 7.11 Å². The van der Waals surface area contributed by atoms with E-state index >= 15 is 0 Å². The van der Waals surface area contributed by atoms with E-state index in [1.54, 1.807) is 23.9 Å². The molecule has 0 atom stereocenters. The highest BCUT2D eigenvalue weighted by Crippen LogP contribution is 2.26. The number of hydrogen-bond donors (Lipinski definition) is 1. The number of ether oxygens (including phenoxy) is 1. The molecule has 1 N–H and O–H groups in total. The van der Waals surface area contributed by atoms with Crippen molar-refractivity contribution in [2.24, 2.45) is 0 Å². The molecule has 0 bridgehead atoms. The zero-order valence-electron chi connectivity index (χ0n) is 16.4. The van der Waals surface area contributed by atoms with Gasteiger partial charge in [0.1, 0.15) is 11.4 Å². The van der Waals surface area contributed by atoms with Gasteiger partial charge in [0, 0.05) is 16.6 Å². The van der Waals surface area contributed by atoms with Crippen LogP contribution in [0.2, 0.25) is 5.02 Å². The van der Waals surface area contributed by atoms with Gasteiger partial charge in [-0.25, -0.2) is 4.68 Å². The SMILES string of the molecule is COc1cccc(-c2cc(C(=O)NC3CCCCC3)n(-c3cccc(Cl)c3)n2)c1. The number of amides is 1. The summed E-state index contributed by atoms with van der Waals surface area (Å²) in [4.78, 5) is 13.1. The topological polar surface area (TPSA) is 56.1 Å². The van der Waals surface area contributed by atoms with Crippen LogP contribution < -0.4 is 10.1 Å². The molecule has 3 aromatic rings. The van der Waals surface area contributed by atoms with Gasteiger partial charge in [-0.2, -0.15) is 5.10 Å². The van der Waals surface area contributed by atoms with Crippen molar-refractivity contribution in [3.8, 4) is 22.7 Å². The Morgan fingerprint density at radius 2 is 1.90 bits per heavy atom. The number of nitrogens with zero attached hydrogens (tertiary/aromatic N) is 2. The Hall–Kier alpha value is -2.79. The first-order valence-corrected chi connectivity index (χ1v) is 10.3. The molecule has 0 radical (unpaired) electrons. The maximum Gasteiger partial charge on any atom is 0.270 e. The summed E-state index contributed by atoms with van der Waals surface area (Å²) in [5.41, 5.74) is 2.84. The van der Waals surface area contributed by atoms with Crippen LogP contribution >= 0.6 is 11.6 Å². The number of methoxy groups -OCH3 is 1. The average Bonchev–Trinajstić information content (AvgIpc) is 3.20. The van der Waals surface area contributed by atoms with Crippen molar-refractivity contribution in [3.05, 3.63) is 65.3 Å². The van der Waals surface area contributed by atoms with Crippen molar-refractivity contribution in [1.82, 2.24) is 15.1 Å². The lowest BCUT2D eigenvalue weighted by Gasteiger charge is -2.22. The van der Waals surface area contributed by atoms with Crippen LogP contribution in [0.5, 0.6) is 5.75 Å². The van der Waals surface area contributed by atoms with E-state index in [1.165, 1.54) is 6.42 Å². The summed E-state index contributed by atoms with van der Waals surface area (Å²) in [5.74, 6) is 0.631. The minimum absolute atomic E-state index is 0.112. The first kappa shape index (κ1) is 19.5. The minimum Gasteiger partial charge on any atom is -0.497 e. The lowest BCUT2D eigenvalue weighted by atomic mass is 9.95. The zero-order valence-corrected chi connectivity index (χ0v) is 17.2. The fourth-order valence-corrected chi connectivity index (χ4v) is 3.96. The number of benzene rings is 2. The van der Waals surface area contributed by atoms with Gasteiger partial charge in [0.15, 0.2) is 0 Å². The van der Waals surface area contributed by atoms with Crippen LogP contribution in [0.25, 0.3) is 16.9 Å². The Kier molecular flexibility index (Phi) is 5.86. The molecule has 1 aromatic heterocycles. The third-order valence-electron chi connectivity index (χ3n) is 5.30. The van der Waals surface area contributed by atoms with Crippen LogP contribution in [0, 0.1) is 0 Å². The second-order valence-corrected chi connectivity index (χ2v) is 7.78. The summed E-state index contributed by atoms with van der Waals surface area (Å²) in [6.45, 7) is 0. The largest absolute Gasteiger partial charge is 0.497 e. The van der Waals surface area contributed by atoms with Crippen LogP contribution in [0.4, 0.5) is 0 Å². The Labute approximate surface area is 175 Å². The summed E-state index contributed by atoms with van der Waals surface area (Å²) < 4.78 is 7.00. The van der Waals surface area contributed by atoms with E-state index in [-0.39, 0.29) is 11.9 Å². The predicted molar refractivity (Wildman–Crippen MR) is 115 cm³/mol. The molecule has 0 saturated heterocycles. The van der Waals surface area contributed by atoms with E-state index < -0.39 is 0 Å². The molecule has 1 aliphatic rings. The molecular formula is C23H24ClN3O2. The van der Waals surface area contributed by atoms with Gasteiger partial charge in [-0.15, -0.1) is 0 Å². The van der Waals surface area contributed by atoms with E-state index in [4.69, 9.17) is 21.4 Å². The second-order valence-electron chi connectivity index (χ2n) is 7.35. The molecule has 2 aromatic carbocycles. The van der Waals surface area contributed by atoms with Gasteiger partial charge in [-0.3, -0.25) is 4.79 Å². The Morgan fingerprint density at radius 1 is 1.10 bits per heavy atom. The van der Waals surface area contributed by atoms with E-state index in [9.17, 15) is 4.79 Å². The standard InChI is InChI=1S/C23H24ClN3O2/c1-29-20-12-5-7-16(13-20)21-15-22(23(28)25-18-9-3-2-4-10-18)27(26-21)19-11-6-8-17(24)14-19/h5-8,11-15,18H,2-4,9-10H2,1H3,(H,25,28). The highest BCUT2D eigenvalue weighted by atomic mass is 35.5. The maximum atomic E-state index is 13.1. The smallest absolute Gasteiger partial charge is 0.270 e. The molecule has 0 unspecified atom stereocenters. The number of carbonyl (C=O) groups is 1. The van der Waals surface area contributed by atoms with Crippen LogP contribution in [0.15, 0.2) is 54.6 Å². The summed E-state index contributed by atoms with van der Waals surface area (Å²) in [7, 11) is 1.63. The number of nitrogens with one attached hydrogen (secondary N) is 1. The first-order valence-electron chi connectivity index (χ1n) is 9.95. The van der Waals surface area contributed by atoms with Gasteiger partial charge in [0.25, 0.3) is 5.91 Å². The number of aromatic nitrogens is 2. The van der Waals surface area contributed by atoms with Crippen LogP contribution in [-0.2, 0) is 0 Å². The van der Waals surface area contributed by atoms with Crippen LogP contribution in [0.1, 0.15) is 42.6 Å². The van der Waals surface area contributed by atoms with Gasteiger partial charge < -0.3 is 10.1 Å². The lowest BCUT2D eigenvalue weighted by molar-refractivity contribution is 0.0920. The van der Waals surface area contributed by atoms with Crippen molar-refractivity contribution >= 4 is 17.5 Å². The molecule has 1 heterocycles. The predicted octanol–water partition coefficient (Wildman–Crippen LogP) is 5.26. The maximum absolute atomic E-state index is 13.1. The van der Waals surface area contributed by atoms with E-state index in [0.717, 1.165) is 42.7 Å². The van der Waals surface area contributed by atoms with Crippen molar-refractivity contribution in [3.63, 3.8) is 0 Å². The number of halogens is 1.